The largest absolute Gasteiger partial charge is 0.270 e. The summed E-state index contributed by atoms with van der Waals surface area (Å²) in [5.41, 5.74) is 2.98. The summed E-state index contributed by atoms with van der Waals surface area (Å²) in [6, 6.07) is 8.68. The molecule has 1 atom stereocenters. The molecule has 1 aliphatic rings. The summed E-state index contributed by atoms with van der Waals surface area (Å²) in [6.07, 6.45) is 3.24. The van der Waals surface area contributed by atoms with Gasteiger partial charge in [0.2, 0.25) is 0 Å². The summed E-state index contributed by atoms with van der Waals surface area (Å²) in [5, 5.41) is 4.46. The number of aromatic nitrogens is 2. The first-order chi connectivity index (χ1) is 7.74. The minimum atomic E-state index is 0.638. The lowest BCUT2D eigenvalue weighted by Gasteiger charge is -2.29. The van der Waals surface area contributed by atoms with Crippen molar-refractivity contribution in [3.8, 4) is 0 Å². The van der Waals surface area contributed by atoms with Crippen LogP contribution in [0.2, 0.25) is 0 Å². The van der Waals surface area contributed by atoms with E-state index in [-0.39, 0.29) is 0 Å². The zero-order chi connectivity index (χ0) is 11.1. The lowest BCUT2D eigenvalue weighted by Crippen LogP contribution is -2.22. The topological polar surface area (TPSA) is 17.8 Å². The second-order valence-electron chi connectivity index (χ2n) is 4.09. The fraction of sp³-hybridized carbons (Fsp3) is 0.250. The number of rotatable bonds is 2. The Hall–Kier alpha value is -0.360. The number of fused-ring (bicyclic) bond motifs is 1. The van der Waals surface area contributed by atoms with Crippen molar-refractivity contribution in [2.45, 2.75) is 18.9 Å². The van der Waals surface area contributed by atoms with Crippen LogP contribution in [0.5, 0.6) is 0 Å². The van der Waals surface area contributed by atoms with Gasteiger partial charge in [0.25, 0.3) is 0 Å². The molecular formula is C12H10BrIN2. The maximum atomic E-state index is 4.46. The van der Waals surface area contributed by atoms with Crippen molar-refractivity contribution >= 4 is 38.5 Å². The van der Waals surface area contributed by atoms with Gasteiger partial charge in [-0.1, -0.05) is 24.3 Å². The highest BCUT2D eigenvalue weighted by Gasteiger charge is 2.25. The SMILES string of the molecule is Brc1cn(CC2Cc3ccccc32)nc1I. The van der Waals surface area contributed by atoms with Crippen LogP contribution in [-0.2, 0) is 13.0 Å². The molecule has 2 nitrogen and oxygen atoms in total. The maximum Gasteiger partial charge on any atom is 0.137 e. The first-order valence-corrected chi connectivity index (χ1v) is 7.07. The summed E-state index contributed by atoms with van der Waals surface area (Å²) in [5.74, 6) is 0.638. The summed E-state index contributed by atoms with van der Waals surface area (Å²) in [7, 11) is 0. The van der Waals surface area contributed by atoms with Crippen molar-refractivity contribution < 1.29 is 0 Å². The van der Waals surface area contributed by atoms with Crippen molar-refractivity contribution in [1.29, 1.82) is 0 Å². The van der Waals surface area contributed by atoms with Crippen LogP contribution in [-0.4, -0.2) is 9.78 Å². The third-order valence-corrected chi connectivity index (χ3v) is 5.16. The minimum Gasteiger partial charge on any atom is -0.270 e. The number of hydrogen-bond acceptors (Lipinski definition) is 1. The molecule has 0 aliphatic heterocycles. The van der Waals surface area contributed by atoms with Gasteiger partial charge in [0.05, 0.1) is 4.47 Å². The maximum absolute atomic E-state index is 4.46. The predicted molar refractivity (Wildman–Crippen MR) is 75.5 cm³/mol. The quantitative estimate of drug-likeness (QED) is 0.719. The molecule has 1 aromatic carbocycles. The molecule has 16 heavy (non-hydrogen) atoms. The Morgan fingerprint density at radius 2 is 2.25 bits per heavy atom. The van der Waals surface area contributed by atoms with Gasteiger partial charge in [-0.2, -0.15) is 5.10 Å². The van der Waals surface area contributed by atoms with Crippen LogP contribution in [0.4, 0.5) is 0 Å². The van der Waals surface area contributed by atoms with Crippen LogP contribution in [0.3, 0.4) is 0 Å². The molecule has 0 N–H and O–H groups in total. The molecule has 0 bridgehead atoms. The minimum absolute atomic E-state index is 0.638. The van der Waals surface area contributed by atoms with Crippen molar-refractivity contribution in [3.05, 3.63) is 49.8 Å². The monoisotopic (exact) mass is 388 g/mol. The lowest BCUT2D eigenvalue weighted by molar-refractivity contribution is 0.473. The first kappa shape index (κ1) is 10.8. The molecule has 0 fully saturated rings. The van der Waals surface area contributed by atoms with Gasteiger partial charge < -0.3 is 0 Å². The Labute approximate surface area is 116 Å². The molecule has 1 aliphatic carbocycles. The Morgan fingerprint density at radius 1 is 1.44 bits per heavy atom. The van der Waals surface area contributed by atoms with E-state index in [4.69, 9.17) is 0 Å². The van der Waals surface area contributed by atoms with E-state index in [1.54, 1.807) is 0 Å². The Balaban J connectivity index is 1.79. The molecule has 0 saturated heterocycles. The van der Waals surface area contributed by atoms with Crippen molar-refractivity contribution in [2.24, 2.45) is 0 Å². The second kappa shape index (κ2) is 4.14. The van der Waals surface area contributed by atoms with E-state index in [0.29, 0.717) is 5.92 Å². The van der Waals surface area contributed by atoms with E-state index < -0.39 is 0 Å². The Morgan fingerprint density at radius 3 is 2.94 bits per heavy atom. The summed E-state index contributed by atoms with van der Waals surface area (Å²) >= 11 is 5.73. The first-order valence-electron chi connectivity index (χ1n) is 5.20. The molecule has 0 amide bonds. The zero-order valence-electron chi connectivity index (χ0n) is 8.53. The Kier molecular flexibility index (Phi) is 2.79. The molecule has 0 saturated carbocycles. The molecule has 0 radical (unpaired) electrons. The number of hydrogen-bond donors (Lipinski definition) is 0. The van der Waals surface area contributed by atoms with Gasteiger partial charge in [-0.05, 0) is 56.1 Å². The number of nitrogens with zero attached hydrogens (tertiary/aromatic N) is 2. The number of halogens is 2. The van der Waals surface area contributed by atoms with E-state index in [2.05, 4.69) is 74.1 Å². The van der Waals surface area contributed by atoms with Gasteiger partial charge in [-0.3, -0.25) is 4.68 Å². The molecule has 2 aromatic rings. The van der Waals surface area contributed by atoms with Crippen molar-refractivity contribution in [1.82, 2.24) is 9.78 Å². The highest BCUT2D eigenvalue weighted by Crippen LogP contribution is 2.36. The van der Waals surface area contributed by atoms with Crippen LogP contribution < -0.4 is 0 Å². The predicted octanol–water partition coefficient (Wildman–Crippen LogP) is 3.59. The van der Waals surface area contributed by atoms with E-state index in [0.717, 1.165) is 14.7 Å². The molecule has 4 heteroatoms. The van der Waals surface area contributed by atoms with E-state index >= 15 is 0 Å². The highest BCUT2D eigenvalue weighted by molar-refractivity contribution is 14.1. The average Bonchev–Trinajstić information content (AvgIpc) is 2.55. The normalized spacial score (nSPS) is 18.0. The second-order valence-corrected chi connectivity index (χ2v) is 5.97. The van der Waals surface area contributed by atoms with E-state index in [1.807, 2.05) is 4.68 Å². The molecule has 3 rings (SSSR count). The Bertz CT molecular complexity index is 516. The lowest BCUT2D eigenvalue weighted by atomic mass is 9.78. The van der Waals surface area contributed by atoms with Crippen molar-refractivity contribution in [3.63, 3.8) is 0 Å². The van der Waals surface area contributed by atoms with E-state index in [9.17, 15) is 0 Å². The fourth-order valence-electron chi connectivity index (χ4n) is 2.22. The van der Waals surface area contributed by atoms with Crippen LogP contribution in [0.1, 0.15) is 17.0 Å². The molecule has 1 aromatic heterocycles. The average molecular weight is 389 g/mol. The number of benzene rings is 1. The molecule has 82 valence electrons. The molecule has 1 unspecified atom stereocenters. The van der Waals surface area contributed by atoms with Crippen molar-refractivity contribution in [2.75, 3.05) is 0 Å². The summed E-state index contributed by atoms with van der Waals surface area (Å²) < 4.78 is 4.15. The highest BCUT2D eigenvalue weighted by atomic mass is 127. The summed E-state index contributed by atoms with van der Waals surface area (Å²) in [4.78, 5) is 0. The fourth-order valence-corrected chi connectivity index (χ4v) is 2.95. The third-order valence-electron chi connectivity index (χ3n) is 3.04. The smallest absolute Gasteiger partial charge is 0.137 e. The van der Waals surface area contributed by atoms with E-state index in [1.165, 1.54) is 17.5 Å². The van der Waals surface area contributed by atoms with Gasteiger partial charge in [-0.15, -0.1) is 0 Å². The van der Waals surface area contributed by atoms with Gasteiger partial charge in [0, 0.05) is 18.7 Å². The summed E-state index contributed by atoms with van der Waals surface area (Å²) in [6.45, 7) is 0.985. The molecule has 0 spiro atoms. The third kappa shape index (κ3) is 1.82. The molecule has 1 heterocycles. The zero-order valence-corrected chi connectivity index (χ0v) is 12.3. The van der Waals surface area contributed by atoms with Gasteiger partial charge in [-0.25, -0.2) is 0 Å². The molecular weight excluding hydrogens is 379 g/mol. The van der Waals surface area contributed by atoms with Crippen LogP contribution in [0, 0.1) is 3.70 Å². The van der Waals surface area contributed by atoms with Crippen LogP contribution >= 0.6 is 38.5 Å². The van der Waals surface area contributed by atoms with Crippen LogP contribution in [0.25, 0.3) is 0 Å². The van der Waals surface area contributed by atoms with Crippen LogP contribution in [0.15, 0.2) is 34.9 Å². The standard InChI is InChI=1S/C12H10BrIN2/c13-11-7-16(15-12(11)14)6-9-5-8-3-1-2-4-10(8)9/h1-4,7,9H,5-6H2. The van der Waals surface area contributed by atoms with Gasteiger partial charge in [0.1, 0.15) is 3.70 Å². The van der Waals surface area contributed by atoms with Gasteiger partial charge in [0.15, 0.2) is 0 Å². The van der Waals surface area contributed by atoms with Gasteiger partial charge >= 0.3 is 0 Å².